The predicted molar refractivity (Wildman–Crippen MR) is 91.6 cm³/mol. The van der Waals surface area contributed by atoms with Gasteiger partial charge in [0, 0.05) is 49.0 Å². The van der Waals surface area contributed by atoms with Gasteiger partial charge in [0.1, 0.15) is 6.07 Å². The fraction of sp³-hybridized carbons (Fsp3) is 0.389. The number of aliphatic hydroxyl groups is 1. The maximum atomic E-state index is 12.2. The summed E-state index contributed by atoms with van der Waals surface area (Å²) in [6.45, 7) is 3.75. The van der Waals surface area contributed by atoms with Gasteiger partial charge in [-0.2, -0.15) is 5.26 Å². The van der Waals surface area contributed by atoms with Crippen LogP contribution in [0.15, 0.2) is 30.6 Å². The zero-order valence-electron chi connectivity index (χ0n) is 14.1. The van der Waals surface area contributed by atoms with Crippen LogP contribution in [-0.2, 0) is 6.54 Å². The number of hydrogen-bond acceptors (Lipinski definition) is 5. The lowest BCUT2D eigenvalue weighted by atomic mass is 10.0. The van der Waals surface area contributed by atoms with Crippen LogP contribution in [-0.4, -0.2) is 51.1 Å². The van der Waals surface area contributed by atoms with E-state index in [-0.39, 0.29) is 11.9 Å². The zero-order chi connectivity index (χ0) is 17.8. The number of H-pyrrole nitrogens is 1. The largest absolute Gasteiger partial charge is 0.390 e. The number of aliphatic hydroxyl groups excluding tert-OH is 1. The molecule has 130 valence electrons. The van der Waals surface area contributed by atoms with E-state index in [9.17, 15) is 9.90 Å². The highest BCUT2D eigenvalue weighted by atomic mass is 16.3. The summed E-state index contributed by atoms with van der Waals surface area (Å²) in [5, 5.41) is 22.3. The van der Waals surface area contributed by atoms with Gasteiger partial charge in [0.25, 0.3) is 5.91 Å². The van der Waals surface area contributed by atoms with E-state index in [4.69, 9.17) is 5.26 Å². The van der Waals surface area contributed by atoms with Gasteiger partial charge in [0.2, 0.25) is 0 Å². The van der Waals surface area contributed by atoms with Crippen LogP contribution in [0.3, 0.4) is 0 Å². The molecule has 1 amide bonds. The number of hydrogen-bond donors (Lipinski definition) is 3. The lowest BCUT2D eigenvalue weighted by molar-refractivity contribution is 0.0346. The molecule has 3 rings (SSSR count). The van der Waals surface area contributed by atoms with E-state index in [2.05, 4.69) is 26.3 Å². The van der Waals surface area contributed by atoms with Gasteiger partial charge >= 0.3 is 0 Å². The average Bonchev–Trinajstić information content (AvgIpc) is 2.97. The summed E-state index contributed by atoms with van der Waals surface area (Å²) in [5.41, 5.74) is 3.00. The number of pyridine rings is 1. The van der Waals surface area contributed by atoms with E-state index < -0.39 is 6.10 Å². The van der Waals surface area contributed by atoms with Crippen LogP contribution in [0.4, 0.5) is 0 Å². The fourth-order valence-electron chi connectivity index (χ4n) is 3.13. The average molecular weight is 339 g/mol. The summed E-state index contributed by atoms with van der Waals surface area (Å²) in [6.07, 6.45) is 3.18. The van der Waals surface area contributed by atoms with Crippen molar-refractivity contribution in [3.8, 4) is 6.07 Å². The molecule has 0 radical (unpaired) electrons. The van der Waals surface area contributed by atoms with Crippen LogP contribution in [0.5, 0.6) is 0 Å². The van der Waals surface area contributed by atoms with Crippen molar-refractivity contribution in [1.29, 1.82) is 5.26 Å². The summed E-state index contributed by atoms with van der Waals surface area (Å²) in [6, 6.07) is 7.03. The van der Waals surface area contributed by atoms with Gasteiger partial charge in [-0.3, -0.25) is 14.7 Å². The predicted octanol–water partition coefficient (Wildman–Crippen LogP) is 0.955. The second-order valence-corrected chi connectivity index (χ2v) is 6.35. The monoisotopic (exact) mass is 339 g/mol. The molecule has 1 fully saturated rings. The van der Waals surface area contributed by atoms with Crippen LogP contribution in [0.2, 0.25) is 0 Å². The highest BCUT2D eigenvalue weighted by Crippen LogP contribution is 2.16. The number of nitriles is 1. The van der Waals surface area contributed by atoms with Gasteiger partial charge in [-0.1, -0.05) is 0 Å². The number of aryl methyl sites for hydroxylation is 1. The second-order valence-electron chi connectivity index (χ2n) is 6.35. The molecule has 1 saturated heterocycles. The number of carbonyl (C=O) groups excluding carboxylic acids is 1. The standard InChI is InChI=1S/C18H21N5O2/c1-12-14(9-19)8-15(21-12)10-23-7-4-16(17(24)11-23)22-18(25)13-2-5-20-6-3-13/h2-3,5-6,8,16-17,21,24H,4,7,10-11H2,1H3,(H,22,25)/t16-,17-/m1/s1. The molecule has 0 aromatic carbocycles. The lowest BCUT2D eigenvalue weighted by Gasteiger charge is -2.36. The number of nitrogens with zero attached hydrogens (tertiary/aromatic N) is 3. The maximum Gasteiger partial charge on any atom is 0.251 e. The Morgan fingerprint density at radius 2 is 2.28 bits per heavy atom. The van der Waals surface area contributed by atoms with Gasteiger partial charge < -0.3 is 15.4 Å². The van der Waals surface area contributed by atoms with E-state index in [1.165, 1.54) is 0 Å². The minimum atomic E-state index is -0.633. The van der Waals surface area contributed by atoms with Crippen molar-refractivity contribution in [1.82, 2.24) is 20.2 Å². The van der Waals surface area contributed by atoms with E-state index >= 15 is 0 Å². The molecule has 7 heteroatoms. The molecule has 1 aliphatic rings. The number of rotatable bonds is 4. The number of β-amino-alcohol motifs (C(OH)–C–C–N with tert-alkyl or cyclic N) is 1. The number of nitrogens with one attached hydrogen (secondary N) is 2. The van der Waals surface area contributed by atoms with Crippen LogP contribution in [0, 0.1) is 18.3 Å². The van der Waals surface area contributed by atoms with Crippen molar-refractivity contribution < 1.29 is 9.90 Å². The molecule has 7 nitrogen and oxygen atoms in total. The second kappa shape index (κ2) is 7.47. The third kappa shape index (κ3) is 4.05. The summed E-state index contributed by atoms with van der Waals surface area (Å²) in [4.78, 5) is 21.4. The molecule has 1 aliphatic heterocycles. The summed E-state index contributed by atoms with van der Waals surface area (Å²) in [5.74, 6) is -0.196. The van der Waals surface area contributed by atoms with Crippen LogP contribution >= 0.6 is 0 Å². The van der Waals surface area contributed by atoms with E-state index in [0.29, 0.717) is 30.6 Å². The Kier molecular flexibility index (Phi) is 5.12. The Morgan fingerprint density at radius 3 is 2.92 bits per heavy atom. The summed E-state index contributed by atoms with van der Waals surface area (Å²) in [7, 11) is 0. The third-order valence-corrected chi connectivity index (χ3v) is 4.51. The highest BCUT2D eigenvalue weighted by Gasteiger charge is 2.29. The van der Waals surface area contributed by atoms with Gasteiger partial charge in [-0.15, -0.1) is 0 Å². The third-order valence-electron chi connectivity index (χ3n) is 4.51. The number of aromatic nitrogens is 2. The lowest BCUT2D eigenvalue weighted by Crippen LogP contribution is -2.53. The van der Waals surface area contributed by atoms with Crippen LogP contribution in [0.25, 0.3) is 0 Å². The first-order chi connectivity index (χ1) is 12.1. The number of amides is 1. The molecule has 3 N–H and O–H groups in total. The molecule has 25 heavy (non-hydrogen) atoms. The zero-order valence-corrected chi connectivity index (χ0v) is 14.1. The minimum Gasteiger partial charge on any atom is -0.390 e. The fourth-order valence-corrected chi connectivity index (χ4v) is 3.13. The first-order valence-electron chi connectivity index (χ1n) is 8.26. The first-order valence-corrected chi connectivity index (χ1v) is 8.26. The molecule has 3 heterocycles. The number of aromatic amines is 1. The van der Waals surface area contributed by atoms with E-state index in [1.807, 2.05) is 13.0 Å². The van der Waals surface area contributed by atoms with E-state index in [1.54, 1.807) is 24.5 Å². The van der Waals surface area contributed by atoms with Crippen molar-refractivity contribution in [2.24, 2.45) is 0 Å². The van der Waals surface area contributed by atoms with Crippen LogP contribution < -0.4 is 5.32 Å². The van der Waals surface area contributed by atoms with Crippen molar-refractivity contribution in [3.63, 3.8) is 0 Å². The SMILES string of the molecule is Cc1[nH]c(CN2CC[C@@H](NC(=O)c3ccncc3)[C@H](O)C2)cc1C#N. The van der Waals surface area contributed by atoms with Crippen molar-refractivity contribution in [3.05, 3.63) is 53.1 Å². The molecular weight excluding hydrogens is 318 g/mol. The molecule has 2 aromatic heterocycles. The Hall–Kier alpha value is -2.69. The number of carbonyl (C=O) groups is 1. The first kappa shape index (κ1) is 17.1. The molecular formula is C18H21N5O2. The normalized spacial score (nSPS) is 20.8. The smallest absolute Gasteiger partial charge is 0.251 e. The number of piperidine rings is 1. The number of likely N-dealkylation sites (tertiary alicyclic amines) is 1. The van der Waals surface area contributed by atoms with Gasteiger partial charge in [0.15, 0.2) is 0 Å². The Bertz CT molecular complexity index is 781. The Labute approximate surface area is 146 Å². The van der Waals surface area contributed by atoms with Crippen molar-refractivity contribution >= 4 is 5.91 Å². The van der Waals surface area contributed by atoms with Crippen molar-refractivity contribution in [2.75, 3.05) is 13.1 Å². The topological polar surface area (TPSA) is 105 Å². The van der Waals surface area contributed by atoms with Gasteiger partial charge in [0.05, 0.1) is 17.7 Å². The molecule has 0 unspecified atom stereocenters. The van der Waals surface area contributed by atoms with Gasteiger partial charge in [-0.05, 0) is 31.5 Å². The van der Waals surface area contributed by atoms with Gasteiger partial charge in [-0.25, -0.2) is 0 Å². The Balaban J connectivity index is 1.55. The molecule has 0 bridgehead atoms. The molecule has 2 atom stereocenters. The molecule has 2 aromatic rings. The van der Waals surface area contributed by atoms with Crippen LogP contribution in [0.1, 0.15) is 33.7 Å². The summed E-state index contributed by atoms with van der Waals surface area (Å²) < 4.78 is 0. The molecule has 0 spiro atoms. The highest BCUT2D eigenvalue weighted by molar-refractivity contribution is 5.94. The quantitative estimate of drug-likeness (QED) is 0.769. The van der Waals surface area contributed by atoms with E-state index in [0.717, 1.165) is 17.9 Å². The maximum absolute atomic E-state index is 12.2. The minimum absolute atomic E-state index is 0.196. The van der Waals surface area contributed by atoms with Crippen molar-refractivity contribution in [2.45, 2.75) is 32.0 Å². The summed E-state index contributed by atoms with van der Waals surface area (Å²) >= 11 is 0. The Morgan fingerprint density at radius 1 is 1.52 bits per heavy atom. The molecule has 0 saturated carbocycles. The molecule has 0 aliphatic carbocycles.